The number of hydrogen-bond acceptors (Lipinski definition) is 3. The standard InChI is InChI=1S/C14H19FN2O2S/c1-11-5-7-17(8-6-11)20(18,19)14-9-12(10-16-2)3-4-13(14)15/h3-5,9,16H,6-8,10H2,1-2H3. The van der Waals surface area contributed by atoms with Gasteiger partial charge in [0, 0.05) is 19.6 Å². The Morgan fingerprint density at radius 1 is 1.40 bits per heavy atom. The lowest BCUT2D eigenvalue weighted by atomic mass is 10.1. The van der Waals surface area contributed by atoms with Gasteiger partial charge >= 0.3 is 0 Å². The minimum Gasteiger partial charge on any atom is -0.316 e. The van der Waals surface area contributed by atoms with Crippen molar-refractivity contribution in [1.29, 1.82) is 0 Å². The summed E-state index contributed by atoms with van der Waals surface area (Å²) in [6.45, 7) is 3.18. The number of sulfonamides is 1. The van der Waals surface area contributed by atoms with E-state index in [0.717, 1.165) is 5.56 Å². The predicted octanol–water partition coefficient (Wildman–Crippen LogP) is 1.89. The van der Waals surface area contributed by atoms with Crippen molar-refractivity contribution < 1.29 is 12.8 Å². The van der Waals surface area contributed by atoms with Crippen molar-refractivity contribution in [2.24, 2.45) is 0 Å². The maximum absolute atomic E-state index is 13.9. The first kappa shape index (κ1) is 15.2. The fraction of sp³-hybridized carbons (Fsp3) is 0.429. The summed E-state index contributed by atoms with van der Waals surface area (Å²) in [6, 6.07) is 4.21. The van der Waals surface area contributed by atoms with E-state index in [9.17, 15) is 12.8 Å². The lowest BCUT2D eigenvalue weighted by molar-refractivity contribution is 0.427. The smallest absolute Gasteiger partial charge is 0.246 e. The van der Waals surface area contributed by atoms with Crippen LogP contribution >= 0.6 is 0 Å². The molecule has 1 aliphatic rings. The normalized spacial score (nSPS) is 17.1. The Morgan fingerprint density at radius 2 is 2.15 bits per heavy atom. The molecule has 1 aliphatic heterocycles. The van der Waals surface area contributed by atoms with Crippen LogP contribution in [0, 0.1) is 5.82 Å². The first-order valence-corrected chi connectivity index (χ1v) is 7.98. The molecular weight excluding hydrogens is 279 g/mol. The van der Waals surface area contributed by atoms with Crippen molar-refractivity contribution >= 4 is 10.0 Å². The van der Waals surface area contributed by atoms with Crippen molar-refractivity contribution in [3.05, 3.63) is 41.2 Å². The van der Waals surface area contributed by atoms with Crippen LogP contribution in [0.25, 0.3) is 0 Å². The topological polar surface area (TPSA) is 49.4 Å². The van der Waals surface area contributed by atoms with Crippen molar-refractivity contribution in [2.45, 2.75) is 24.8 Å². The number of nitrogens with zero attached hydrogens (tertiary/aromatic N) is 1. The molecule has 110 valence electrons. The quantitative estimate of drug-likeness (QED) is 0.864. The maximum Gasteiger partial charge on any atom is 0.246 e. The summed E-state index contributed by atoms with van der Waals surface area (Å²) in [5, 5.41) is 2.93. The lowest BCUT2D eigenvalue weighted by Crippen LogP contribution is -2.35. The van der Waals surface area contributed by atoms with Crippen LogP contribution in [0.5, 0.6) is 0 Å². The molecule has 6 heteroatoms. The zero-order chi connectivity index (χ0) is 14.8. The average molecular weight is 298 g/mol. The molecular formula is C14H19FN2O2S. The van der Waals surface area contributed by atoms with Gasteiger partial charge in [0.05, 0.1) is 0 Å². The summed E-state index contributed by atoms with van der Waals surface area (Å²) in [5.41, 5.74) is 1.91. The zero-order valence-electron chi connectivity index (χ0n) is 11.7. The summed E-state index contributed by atoms with van der Waals surface area (Å²) in [7, 11) is -2.01. The predicted molar refractivity (Wildman–Crippen MR) is 76.3 cm³/mol. The van der Waals surface area contributed by atoms with E-state index in [1.54, 1.807) is 13.1 Å². The molecule has 1 aromatic rings. The molecule has 0 amide bonds. The zero-order valence-corrected chi connectivity index (χ0v) is 12.5. The Hall–Kier alpha value is -1.24. The van der Waals surface area contributed by atoms with E-state index in [1.165, 1.54) is 22.0 Å². The molecule has 0 fully saturated rings. The first-order chi connectivity index (χ1) is 9.45. The molecule has 0 atom stereocenters. The van der Waals surface area contributed by atoms with Gasteiger partial charge in [0.15, 0.2) is 0 Å². The Balaban J connectivity index is 2.36. The van der Waals surface area contributed by atoms with E-state index < -0.39 is 15.8 Å². The van der Waals surface area contributed by atoms with Gasteiger partial charge in [0.25, 0.3) is 0 Å². The molecule has 1 N–H and O–H groups in total. The second kappa shape index (κ2) is 6.03. The van der Waals surface area contributed by atoms with Gasteiger partial charge in [-0.15, -0.1) is 0 Å². The van der Waals surface area contributed by atoms with Crippen LogP contribution in [0.1, 0.15) is 18.9 Å². The van der Waals surface area contributed by atoms with E-state index in [2.05, 4.69) is 5.32 Å². The van der Waals surface area contributed by atoms with E-state index in [0.29, 0.717) is 26.1 Å². The summed E-state index contributed by atoms with van der Waals surface area (Å²) in [4.78, 5) is -0.238. The third-order valence-corrected chi connectivity index (χ3v) is 5.27. The largest absolute Gasteiger partial charge is 0.316 e. The van der Waals surface area contributed by atoms with Crippen molar-refractivity contribution in [1.82, 2.24) is 9.62 Å². The Morgan fingerprint density at radius 3 is 2.75 bits per heavy atom. The highest BCUT2D eigenvalue weighted by Crippen LogP contribution is 2.23. The molecule has 0 saturated heterocycles. The first-order valence-electron chi connectivity index (χ1n) is 6.54. The minimum atomic E-state index is -3.77. The van der Waals surface area contributed by atoms with Gasteiger partial charge in [-0.2, -0.15) is 4.31 Å². The number of rotatable bonds is 4. The average Bonchev–Trinajstić information content (AvgIpc) is 2.41. The van der Waals surface area contributed by atoms with Crippen LogP contribution in [-0.2, 0) is 16.6 Å². The van der Waals surface area contributed by atoms with Crippen molar-refractivity contribution in [3.63, 3.8) is 0 Å². The van der Waals surface area contributed by atoms with Gasteiger partial charge in [0.2, 0.25) is 10.0 Å². The van der Waals surface area contributed by atoms with Crippen molar-refractivity contribution in [3.8, 4) is 0 Å². The van der Waals surface area contributed by atoms with Crippen LogP contribution in [-0.4, -0.2) is 32.9 Å². The van der Waals surface area contributed by atoms with Gasteiger partial charge in [-0.1, -0.05) is 17.7 Å². The molecule has 0 spiro atoms. The molecule has 0 aromatic heterocycles. The second-order valence-electron chi connectivity index (χ2n) is 4.96. The van der Waals surface area contributed by atoms with Crippen LogP contribution in [0.2, 0.25) is 0 Å². The van der Waals surface area contributed by atoms with Gasteiger partial charge in [0.1, 0.15) is 10.7 Å². The van der Waals surface area contributed by atoms with Crippen LogP contribution in [0.4, 0.5) is 4.39 Å². The molecule has 0 unspecified atom stereocenters. The molecule has 0 radical (unpaired) electrons. The highest BCUT2D eigenvalue weighted by molar-refractivity contribution is 7.89. The molecule has 1 heterocycles. The summed E-state index contributed by atoms with van der Waals surface area (Å²) in [6.07, 6.45) is 2.56. The fourth-order valence-corrected chi connectivity index (χ4v) is 3.66. The maximum atomic E-state index is 13.9. The van der Waals surface area contributed by atoms with Gasteiger partial charge in [-0.05, 0) is 38.1 Å². The Kier molecular flexibility index (Phi) is 4.57. The van der Waals surface area contributed by atoms with E-state index in [1.807, 2.05) is 13.0 Å². The molecule has 2 rings (SSSR count). The number of benzene rings is 1. The third-order valence-electron chi connectivity index (χ3n) is 3.39. The lowest BCUT2D eigenvalue weighted by Gasteiger charge is -2.25. The molecule has 1 aromatic carbocycles. The highest BCUT2D eigenvalue weighted by atomic mass is 32.2. The number of nitrogens with one attached hydrogen (secondary N) is 1. The van der Waals surface area contributed by atoms with Crippen LogP contribution in [0.3, 0.4) is 0 Å². The van der Waals surface area contributed by atoms with E-state index in [4.69, 9.17) is 0 Å². The summed E-state index contributed by atoms with van der Waals surface area (Å²) < 4.78 is 40.2. The number of halogens is 1. The van der Waals surface area contributed by atoms with E-state index >= 15 is 0 Å². The van der Waals surface area contributed by atoms with Crippen LogP contribution < -0.4 is 5.32 Å². The summed E-state index contributed by atoms with van der Waals surface area (Å²) in [5.74, 6) is -0.698. The molecule has 20 heavy (non-hydrogen) atoms. The van der Waals surface area contributed by atoms with E-state index in [-0.39, 0.29) is 4.90 Å². The monoisotopic (exact) mass is 298 g/mol. The van der Waals surface area contributed by atoms with Crippen molar-refractivity contribution in [2.75, 3.05) is 20.1 Å². The Bertz CT molecular complexity index is 626. The molecule has 0 bridgehead atoms. The SMILES string of the molecule is CNCc1ccc(F)c(S(=O)(=O)N2CC=C(C)CC2)c1. The number of hydrogen-bond donors (Lipinski definition) is 1. The second-order valence-corrected chi connectivity index (χ2v) is 6.86. The molecule has 4 nitrogen and oxygen atoms in total. The third kappa shape index (κ3) is 3.08. The highest BCUT2D eigenvalue weighted by Gasteiger charge is 2.28. The van der Waals surface area contributed by atoms with Gasteiger partial charge in [-0.25, -0.2) is 12.8 Å². The van der Waals surface area contributed by atoms with Gasteiger partial charge < -0.3 is 5.32 Å². The van der Waals surface area contributed by atoms with Gasteiger partial charge in [-0.3, -0.25) is 0 Å². The summed E-state index contributed by atoms with van der Waals surface area (Å²) >= 11 is 0. The molecule has 0 saturated carbocycles. The van der Waals surface area contributed by atoms with Crippen LogP contribution in [0.15, 0.2) is 34.7 Å². The Labute approximate surface area is 119 Å². The minimum absolute atomic E-state index is 0.238. The fourth-order valence-electron chi connectivity index (χ4n) is 2.17. The molecule has 0 aliphatic carbocycles.